The van der Waals surface area contributed by atoms with Crippen LogP contribution >= 0.6 is 0 Å². The van der Waals surface area contributed by atoms with Gasteiger partial charge in [-0.05, 0) is 35.0 Å². The average Bonchev–Trinajstić information content (AvgIpc) is 2.05. The molecule has 0 aliphatic carbocycles. The van der Waals surface area contributed by atoms with Gasteiger partial charge in [0, 0.05) is 21.3 Å². The Morgan fingerprint density at radius 3 is 1.07 bits per heavy atom. The minimum atomic E-state index is -1.67. The van der Waals surface area contributed by atoms with Crippen LogP contribution in [-0.2, 0) is 13.3 Å². The molecule has 0 saturated heterocycles. The molecule has 0 heterocycles. The fourth-order valence-corrected chi connectivity index (χ4v) is 0.866. The lowest BCUT2D eigenvalue weighted by atomic mass is 10.4. The summed E-state index contributed by atoms with van der Waals surface area (Å²) < 4.78 is 14.2. The smallest absolute Gasteiger partial charge is 0.379 e. The zero-order chi connectivity index (χ0) is 12.9. The molecule has 0 fully saturated rings. The molecule has 0 saturated carbocycles. The van der Waals surface area contributed by atoms with Gasteiger partial charge in [-0.1, -0.05) is 5.57 Å². The summed E-state index contributed by atoms with van der Waals surface area (Å²) in [4.78, 5) is 2.00. The summed E-state index contributed by atoms with van der Waals surface area (Å²) in [5.74, 6) is 0. The van der Waals surface area contributed by atoms with Crippen LogP contribution in [0.25, 0.3) is 0 Å². The van der Waals surface area contributed by atoms with E-state index >= 15 is 0 Å². The van der Waals surface area contributed by atoms with Gasteiger partial charge in [-0.25, -0.2) is 0 Å². The first-order valence-electron chi connectivity index (χ1n) is 4.63. The van der Waals surface area contributed by atoms with Gasteiger partial charge in [-0.15, -0.1) is 6.58 Å². The normalized spacial score (nSPS) is 8.93. The molecule has 0 aromatic rings. The van der Waals surface area contributed by atoms with Crippen molar-refractivity contribution in [2.45, 2.75) is 13.8 Å². The third kappa shape index (κ3) is 57.1. The lowest BCUT2D eigenvalue weighted by Crippen LogP contribution is -2.21. The number of hydrogen-bond donors (Lipinski definition) is 0. The highest BCUT2D eigenvalue weighted by molar-refractivity contribution is 6.36. The van der Waals surface area contributed by atoms with Crippen LogP contribution in [-0.4, -0.2) is 56.9 Å². The third-order valence-electron chi connectivity index (χ3n) is 0.577. The monoisotopic (exact) mass is 237 g/mol. The summed E-state index contributed by atoms with van der Waals surface area (Å²) in [5, 5.41) is 0. The summed E-state index contributed by atoms with van der Waals surface area (Å²) in [6.45, 7) is 7.50. The van der Waals surface area contributed by atoms with E-state index < -0.39 is 9.53 Å². The molecule has 0 bridgehead atoms. The molecule has 0 unspecified atom stereocenters. The van der Waals surface area contributed by atoms with Crippen LogP contribution < -0.4 is 0 Å². The molecule has 94 valence electrons. The van der Waals surface area contributed by atoms with E-state index in [1.807, 2.05) is 39.9 Å². The number of allylic oxidation sites excluding steroid dienone is 1. The summed E-state index contributed by atoms with van der Waals surface area (Å²) in [6.07, 6.45) is 0. The first kappa shape index (κ1) is 20.2. The third-order valence-corrected chi connectivity index (χ3v) is 1.73. The first-order chi connectivity index (χ1) is 6.81. The van der Waals surface area contributed by atoms with Crippen LogP contribution in [0.1, 0.15) is 13.8 Å². The van der Waals surface area contributed by atoms with Crippen molar-refractivity contribution in [1.82, 2.24) is 4.90 Å². The van der Waals surface area contributed by atoms with Gasteiger partial charge >= 0.3 is 9.53 Å². The van der Waals surface area contributed by atoms with Crippen LogP contribution in [0.4, 0.5) is 0 Å². The summed E-state index contributed by atoms with van der Waals surface area (Å²) in [6, 6.07) is 0. The van der Waals surface area contributed by atoms with Crippen molar-refractivity contribution < 1.29 is 13.3 Å². The predicted octanol–water partition coefficient (Wildman–Crippen LogP) is 1.40. The number of hydrogen-bond acceptors (Lipinski definition) is 4. The zero-order valence-corrected chi connectivity index (χ0v) is 12.6. The molecule has 0 aliphatic heterocycles. The summed E-state index contributed by atoms with van der Waals surface area (Å²) in [5.41, 5.74) is 1.17. The van der Waals surface area contributed by atoms with E-state index in [4.69, 9.17) is 13.3 Å². The zero-order valence-electron chi connectivity index (χ0n) is 11.5. The van der Waals surface area contributed by atoms with Crippen LogP contribution in [0, 0.1) is 0 Å². The van der Waals surface area contributed by atoms with Gasteiger partial charge in [0.1, 0.15) is 0 Å². The topological polar surface area (TPSA) is 30.9 Å². The Bertz CT molecular complexity index is 116. The SMILES string of the molecule is C=C(C)C.CN(C)C.CO[SiH](OC)OC. The number of rotatable bonds is 3. The second-order valence-electron chi connectivity index (χ2n) is 3.54. The second kappa shape index (κ2) is 16.2. The maximum Gasteiger partial charge on any atom is 0.483 e. The van der Waals surface area contributed by atoms with Crippen molar-refractivity contribution in [1.29, 1.82) is 0 Å². The van der Waals surface area contributed by atoms with Crippen LogP contribution in [0.15, 0.2) is 12.2 Å². The lowest BCUT2D eigenvalue weighted by molar-refractivity contribution is 0.163. The molecule has 15 heavy (non-hydrogen) atoms. The van der Waals surface area contributed by atoms with Crippen LogP contribution in [0.5, 0.6) is 0 Å². The molecule has 0 aliphatic rings. The van der Waals surface area contributed by atoms with E-state index in [2.05, 4.69) is 6.58 Å². The molecule has 4 nitrogen and oxygen atoms in total. The van der Waals surface area contributed by atoms with Gasteiger partial charge in [0.15, 0.2) is 0 Å². The Balaban J connectivity index is -0.000000155. The molecule has 0 amide bonds. The largest absolute Gasteiger partial charge is 0.483 e. The molecule has 0 aromatic carbocycles. The first-order valence-corrected chi connectivity index (χ1v) is 6.04. The van der Waals surface area contributed by atoms with Crippen molar-refractivity contribution in [2.75, 3.05) is 42.5 Å². The summed E-state index contributed by atoms with van der Waals surface area (Å²) >= 11 is 0. The van der Waals surface area contributed by atoms with E-state index in [9.17, 15) is 0 Å². The van der Waals surface area contributed by atoms with Crippen molar-refractivity contribution >= 4 is 9.53 Å². The molecule has 5 heteroatoms. The molecule has 0 atom stereocenters. The average molecular weight is 237 g/mol. The maximum atomic E-state index is 4.74. The van der Waals surface area contributed by atoms with Crippen LogP contribution in [0.3, 0.4) is 0 Å². The molecule has 0 N–H and O–H groups in total. The standard InChI is InChI=1S/C4H8.C3H9N.C3H10O3Si/c2*1-4(2)3;1-4-7(5-2)6-3/h1H2,2-3H3;1-3H3;7H,1-3H3. The Hall–Kier alpha value is -0.203. The summed E-state index contributed by atoms with van der Waals surface area (Å²) in [7, 11) is 9.05. The van der Waals surface area contributed by atoms with Gasteiger partial charge in [0.25, 0.3) is 0 Å². The molecular weight excluding hydrogens is 210 g/mol. The molecule has 0 spiro atoms. The predicted molar refractivity (Wildman–Crippen MR) is 68.3 cm³/mol. The molecule has 0 aromatic heterocycles. The van der Waals surface area contributed by atoms with Crippen molar-refractivity contribution in [3.8, 4) is 0 Å². The highest BCUT2D eigenvalue weighted by atomic mass is 28.3. The van der Waals surface area contributed by atoms with E-state index in [-0.39, 0.29) is 0 Å². The minimum absolute atomic E-state index is 1.17. The fourth-order valence-electron chi connectivity index (χ4n) is 0.289. The van der Waals surface area contributed by atoms with Crippen molar-refractivity contribution in [2.24, 2.45) is 0 Å². The van der Waals surface area contributed by atoms with Crippen molar-refractivity contribution in [3.63, 3.8) is 0 Å². The quantitative estimate of drug-likeness (QED) is 0.548. The Morgan fingerprint density at radius 1 is 0.933 bits per heavy atom. The lowest BCUT2D eigenvalue weighted by Gasteiger charge is -2.05. The van der Waals surface area contributed by atoms with Gasteiger partial charge in [0.05, 0.1) is 0 Å². The maximum absolute atomic E-state index is 4.74. The van der Waals surface area contributed by atoms with E-state index in [1.54, 1.807) is 21.3 Å². The van der Waals surface area contributed by atoms with Crippen LogP contribution in [0.2, 0.25) is 0 Å². The van der Waals surface area contributed by atoms with E-state index in [0.717, 1.165) is 0 Å². The molecular formula is C10H27NO3Si. The second-order valence-corrected chi connectivity index (χ2v) is 5.54. The highest BCUT2D eigenvalue weighted by Crippen LogP contribution is 1.81. The van der Waals surface area contributed by atoms with E-state index in [1.165, 1.54) is 5.57 Å². The Labute approximate surface area is 96.8 Å². The Kier molecular flexibility index (Phi) is 21.9. The highest BCUT2D eigenvalue weighted by Gasteiger charge is 2.04. The van der Waals surface area contributed by atoms with Gasteiger partial charge in [-0.2, -0.15) is 0 Å². The van der Waals surface area contributed by atoms with Gasteiger partial charge in [0.2, 0.25) is 0 Å². The van der Waals surface area contributed by atoms with Gasteiger partial charge < -0.3 is 18.2 Å². The van der Waals surface area contributed by atoms with E-state index in [0.29, 0.717) is 0 Å². The molecule has 0 rings (SSSR count). The van der Waals surface area contributed by atoms with Crippen molar-refractivity contribution in [3.05, 3.63) is 12.2 Å². The number of nitrogens with zero attached hydrogens (tertiary/aromatic N) is 1. The minimum Gasteiger partial charge on any atom is -0.379 e. The molecule has 0 radical (unpaired) electrons. The fraction of sp³-hybridized carbons (Fsp3) is 0.800. The van der Waals surface area contributed by atoms with Gasteiger partial charge in [-0.3, -0.25) is 0 Å². The Morgan fingerprint density at radius 2 is 1.07 bits per heavy atom.